The second-order valence-electron chi connectivity index (χ2n) is 8.31. The molecule has 1 N–H and O–H groups in total. The number of amides is 1. The van der Waals surface area contributed by atoms with E-state index in [4.69, 9.17) is 0 Å². The molecule has 1 amide bonds. The van der Waals surface area contributed by atoms with E-state index in [0.29, 0.717) is 12.8 Å². The zero-order valence-electron chi connectivity index (χ0n) is 15.5. The summed E-state index contributed by atoms with van der Waals surface area (Å²) in [5.74, 6) is 1.38. The van der Waals surface area contributed by atoms with Crippen molar-refractivity contribution in [1.82, 2.24) is 14.9 Å². The Labute approximate surface area is 163 Å². The molecule has 6 nitrogen and oxygen atoms in total. The van der Waals surface area contributed by atoms with Gasteiger partial charge in [0.15, 0.2) is 0 Å². The minimum Gasteiger partial charge on any atom is -0.393 e. The van der Waals surface area contributed by atoms with Gasteiger partial charge in [-0.1, -0.05) is 0 Å². The topological polar surface area (TPSA) is 69.6 Å². The lowest BCUT2D eigenvalue weighted by atomic mass is 9.81. The van der Waals surface area contributed by atoms with E-state index < -0.39 is 0 Å². The molecule has 0 bridgehead atoms. The Hall–Kier alpha value is -1.73. The number of nitrogens with zero attached hydrogens (tertiary/aromatic N) is 4. The summed E-state index contributed by atoms with van der Waals surface area (Å²) in [6.45, 7) is 2.70. The lowest BCUT2D eigenvalue weighted by Crippen LogP contribution is -2.47. The molecule has 27 heavy (non-hydrogen) atoms. The van der Waals surface area contributed by atoms with Crippen LogP contribution in [0.25, 0.3) is 10.2 Å². The number of anilines is 1. The molecule has 2 aromatic rings. The molecule has 4 heterocycles. The number of aromatic nitrogens is 2. The van der Waals surface area contributed by atoms with Crippen molar-refractivity contribution in [2.45, 2.75) is 56.6 Å². The molecule has 1 spiro atoms. The minimum absolute atomic E-state index is 0.0429. The predicted molar refractivity (Wildman–Crippen MR) is 106 cm³/mol. The number of hydrogen-bond acceptors (Lipinski definition) is 6. The van der Waals surface area contributed by atoms with Gasteiger partial charge in [-0.3, -0.25) is 4.79 Å². The van der Waals surface area contributed by atoms with Crippen LogP contribution in [-0.2, 0) is 4.79 Å². The van der Waals surface area contributed by atoms with E-state index in [1.54, 1.807) is 17.7 Å². The lowest BCUT2D eigenvalue weighted by molar-refractivity contribution is -0.142. The second kappa shape index (κ2) is 6.71. The van der Waals surface area contributed by atoms with Gasteiger partial charge in [0.1, 0.15) is 12.1 Å². The number of likely N-dealkylation sites (tertiary alicyclic amines) is 1. The molecule has 1 saturated carbocycles. The average Bonchev–Trinajstić information content (AvgIpc) is 3.22. The smallest absolute Gasteiger partial charge is 0.225 e. The highest BCUT2D eigenvalue weighted by molar-refractivity contribution is 7.17. The van der Waals surface area contributed by atoms with E-state index in [9.17, 15) is 9.90 Å². The Balaban J connectivity index is 1.37. The second-order valence-corrected chi connectivity index (χ2v) is 9.23. The third kappa shape index (κ3) is 2.91. The molecule has 7 heteroatoms. The highest BCUT2D eigenvalue weighted by Crippen LogP contribution is 2.43. The number of fused-ring (bicyclic) bond motifs is 1. The molecule has 3 aliphatic rings. The Bertz CT molecular complexity index is 849. The molecule has 3 fully saturated rings. The van der Waals surface area contributed by atoms with Crippen LogP contribution >= 0.6 is 11.3 Å². The fourth-order valence-corrected chi connectivity index (χ4v) is 6.05. The number of thiophene rings is 1. The summed E-state index contributed by atoms with van der Waals surface area (Å²) in [5, 5.41) is 11.6. The summed E-state index contributed by atoms with van der Waals surface area (Å²) < 4.78 is 1.18. The van der Waals surface area contributed by atoms with Gasteiger partial charge in [-0.15, -0.1) is 11.3 Å². The van der Waals surface area contributed by atoms with Crippen molar-refractivity contribution in [2.24, 2.45) is 5.92 Å². The van der Waals surface area contributed by atoms with Gasteiger partial charge < -0.3 is 14.9 Å². The fraction of sp³-hybridized carbons (Fsp3) is 0.650. The molecule has 0 radical (unpaired) electrons. The van der Waals surface area contributed by atoms with Gasteiger partial charge in [0, 0.05) is 31.1 Å². The lowest BCUT2D eigenvalue weighted by Gasteiger charge is -2.39. The van der Waals surface area contributed by atoms with E-state index in [1.807, 2.05) is 0 Å². The first-order chi connectivity index (χ1) is 13.2. The maximum atomic E-state index is 12.8. The zero-order chi connectivity index (χ0) is 18.4. The van der Waals surface area contributed by atoms with Crippen molar-refractivity contribution in [1.29, 1.82) is 0 Å². The summed E-state index contributed by atoms with van der Waals surface area (Å²) in [4.78, 5) is 26.4. The minimum atomic E-state index is -0.270. The van der Waals surface area contributed by atoms with Gasteiger partial charge in [0.25, 0.3) is 0 Å². The summed E-state index contributed by atoms with van der Waals surface area (Å²) in [5.41, 5.74) is 1.14. The van der Waals surface area contributed by atoms with E-state index in [0.717, 1.165) is 50.2 Å². The molecule has 1 atom stereocenters. The quantitative estimate of drug-likeness (QED) is 0.859. The van der Waals surface area contributed by atoms with E-state index in [2.05, 4.69) is 31.2 Å². The van der Waals surface area contributed by atoms with Crippen LogP contribution < -0.4 is 4.90 Å². The van der Waals surface area contributed by atoms with Crippen LogP contribution in [0.3, 0.4) is 0 Å². The Morgan fingerprint density at radius 3 is 2.78 bits per heavy atom. The molecule has 1 aliphatic carbocycles. The van der Waals surface area contributed by atoms with Gasteiger partial charge in [0.2, 0.25) is 5.91 Å². The predicted octanol–water partition coefficient (Wildman–Crippen LogP) is 2.81. The first-order valence-electron chi connectivity index (χ1n) is 10.1. The molecular weight excluding hydrogens is 360 g/mol. The van der Waals surface area contributed by atoms with E-state index in [-0.39, 0.29) is 23.5 Å². The molecular formula is C20H26N4O2S. The van der Waals surface area contributed by atoms with Crippen molar-refractivity contribution < 1.29 is 9.90 Å². The van der Waals surface area contributed by atoms with Gasteiger partial charge in [-0.05, 0) is 56.4 Å². The monoisotopic (exact) mass is 386 g/mol. The highest BCUT2D eigenvalue weighted by atomic mass is 32.1. The molecule has 2 aliphatic heterocycles. The van der Waals surface area contributed by atoms with Crippen LogP contribution in [0.2, 0.25) is 0 Å². The summed E-state index contributed by atoms with van der Waals surface area (Å²) >= 11 is 1.72. The Morgan fingerprint density at radius 1 is 1.15 bits per heavy atom. The standard InChI is InChI=1S/C20H26N4O2S/c25-15-11-14(12-15)19(26)23-7-1-4-20(6-9-23)5-2-8-24(20)18-17-16(3-10-27-17)21-13-22-18/h3,10,13-15,25H,1-2,4-9,11-12H2/t14?,15?,20-/m0/s1. The average molecular weight is 387 g/mol. The van der Waals surface area contributed by atoms with Crippen molar-refractivity contribution >= 4 is 33.3 Å². The number of aliphatic hydroxyl groups excluding tert-OH is 1. The summed E-state index contributed by atoms with van der Waals surface area (Å²) in [6.07, 6.45) is 8.21. The van der Waals surface area contributed by atoms with Crippen LogP contribution in [0.15, 0.2) is 17.8 Å². The molecule has 2 saturated heterocycles. The molecule has 144 valence electrons. The SMILES string of the molecule is O=C(C1CC(O)C1)N1CCC[C@]2(CCCN2c2ncnc3ccsc23)CC1. The van der Waals surface area contributed by atoms with Crippen LogP contribution in [0.5, 0.6) is 0 Å². The Morgan fingerprint density at radius 2 is 1.96 bits per heavy atom. The normalized spacial score (nSPS) is 31.3. The van der Waals surface area contributed by atoms with Crippen LogP contribution in [-0.4, -0.2) is 57.2 Å². The number of hydrogen-bond donors (Lipinski definition) is 1. The third-order valence-electron chi connectivity index (χ3n) is 6.77. The fourth-order valence-electron chi connectivity index (χ4n) is 5.20. The van der Waals surface area contributed by atoms with Crippen LogP contribution in [0.4, 0.5) is 5.82 Å². The van der Waals surface area contributed by atoms with Crippen molar-refractivity contribution in [2.75, 3.05) is 24.5 Å². The third-order valence-corrected chi connectivity index (χ3v) is 7.67. The molecule has 5 rings (SSSR count). The van der Waals surface area contributed by atoms with Crippen LogP contribution in [0.1, 0.15) is 44.9 Å². The van der Waals surface area contributed by atoms with E-state index >= 15 is 0 Å². The maximum absolute atomic E-state index is 12.8. The van der Waals surface area contributed by atoms with Gasteiger partial charge in [0.05, 0.1) is 16.3 Å². The van der Waals surface area contributed by atoms with Crippen molar-refractivity contribution in [3.8, 4) is 0 Å². The molecule has 2 aromatic heterocycles. The van der Waals surface area contributed by atoms with Crippen LogP contribution in [0, 0.1) is 5.92 Å². The number of rotatable bonds is 2. The maximum Gasteiger partial charge on any atom is 0.225 e. The number of carbonyl (C=O) groups is 1. The first kappa shape index (κ1) is 17.4. The summed E-state index contributed by atoms with van der Waals surface area (Å²) in [7, 11) is 0. The van der Waals surface area contributed by atoms with Crippen molar-refractivity contribution in [3.63, 3.8) is 0 Å². The first-order valence-corrected chi connectivity index (χ1v) is 11.0. The molecule has 0 unspecified atom stereocenters. The molecule has 0 aromatic carbocycles. The van der Waals surface area contributed by atoms with Gasteiger partial charge >= 0.3 is 0 Å². The van der Waals surface area contributed by atoms with Crippen molar-refractivity contribution in [3.05, 3.63) is 17.8 Å². The van der Waals surface area contributed by atoms with Gasteiger partial charge in [-0.25, -0.2) is 9.97 Å². The van der Waals surface area contributed by atoms with E-state index in [1.165, 1.54) is 17.5 Å². The zero-order valence-corrected chi connectivity index (χ0v) is 16.3. The largest absolute Gasteiger partial charge is 0.393 e. The Kier molecular flexibility index (Phi) is 4.31. The summed E-state index contributed by atoms with van der Waals surface area (Å²) in [6, 6.07) is 2.06. The number of aliphatic hydroxyl groups is 1. The highest BCUT2D eigenvalue weighted by Gasteiger charge is 2.44. The van der Waals surface area contributed by atoms with Gasteiger partial charge in [-0.2, -0.15) is 0 Å². The number of carbonyl (C=O) groups excluding carboxylic acids is 1.